The third kappa shape index (κ3) is 4.85. The minimum atomic E-state index is -1.56. The second-order valence-electron chi connectivity index (χ2n) is 6.93. The van der Waals surface area contributed by atoms with Gasteiger partial charge >= 0.3 is 0 Å². The van der Waals surface area contributed by atoms with Gasteiger partial charge in [-0.15, -0.1) is 11.8 Å². The molecule has 30 heavy (non-hydrogen) atoms. The van der Waals surface area contributed by atoms with E-state index in [4.69, 9.17) is 14.2 Å². The Kier molecular flexibility index (Phi) is 7.49. The summed E-state index contributed by atoms with van der Waals surface area (Å²) in [6.07, 6.45) is -9.61. The maximum Gasteiger partial charge on any atom is 0.269 e. The van der Waals surface area contributed by atoms with Crippen LogP contribution < -0.4 is 4.74 Å². The number of aliphatic hydroxyl groups excluding tert-OH is 6. The molecule has 2 saturated heterocycles. The number of non-ortho nitro benzene ring substituents is 1. The summed E-state index contributed by atoms with van der Waals surface area (Å²) in [5.41, 5.74) is -1.20. The zero-order valence-corrected chi connectivity index (χ0v) is 16.3. The minimum Gasteiger partial charge on any atom is -0.462 e. The maximum atomic E-state index is 10.7. The zero-order valence-electron chi connectivity index (χ0n) is 15.5. The molecule has 0 saturated carbocycles. The van der Waals surface area contributed by atoms with Crippen molar-refractivity contribution < 1.29 is 49.8 Å². The highest BCUT2D eigenvalue weighted by molar-refractivity contribution is 8.00. The highest BCUT2D eigenvalue weighted by atomic mass is 32.2. The molecule has 1 aromatic carbocycles. The van der Waals surface area contributed by atoms with Gasteiger partial charge in [-0.2, -0.15) is 0 Å². The molecule has 9 atom stereocenters. The molecule has 0 bridgehead atoms. The van der Waals surface area contributed by atoms with Gasteiger partial charge in [-0.25, -0.2) is 0 Å². The van der Waals surface area contributed by atoms with E-state index < -0.39 is 65.1 Å². The van der Waals surface area contributed by atoms with Gasteiger partial charge in [-0.05, 0) is 12.1 Å². The molecular weight excluding hydrogens is 426 g/mol. The van der Waals surface area contributed by atoms with E-state index in [1.165, 1.54) is 24.3 Å². The molecule has 13 heteroatoms. The van der Waals surface area contributed by atoms with Crippen molar-refractivity contribution in [3.8, 4) is 5.75 Å². The molecule has 168 valence electrons. The third-order valence-electron chi connectivity index (χ3n) is 4.87. The van der Waals surface area contributed by atoms with Crippen LogP contribution in [0.15, 0.2) is 24.3 Å². The van der Waals surface area contributed by atoms with Crippen LogP contribution in [0.3, 0.4) is 0 Å². The minimum absolute atomic E-state index is 0.141. The lowest BCUT2D eigenvalue weighted by Gasteiger charge is -2.44. The van der Waals surface area contributed by atoms with E-state index in [-0.39, 0.29) is 18.0 Å². The highest BCUT2D eigenvalue weighted by Gasteiger charge is 2.49. The molecule has 0 spiro atoms. The lowest BCUT2D eigenvalue weighted by molar-refractivity contribution is -0.384. The SMILES string of the molecule is O=[N+]([O-])c1ccc(O[C@@H]2O[C@H](CO)[C@@H](S[C@H]3OC[C@@H](O)[C@H](O)[C@H]3O)[C@H](O)[C@H]2O)cc1. The first-order chi connectivity index (χ1) is 14.2. The zero-order chi connectivity index (χ0) is 22.0. The summed E-state index contributed by atoms with van der Waals surface area (Å²) in [6.45, 7) is -0.798. The van der Waals surface area contributed by atoms with Crippen molar-refractivity contribution >= 4 is 17.4 Å². The highest BCUT2D eigenvalue weighted by Crippen LogP contribution is 2.37. The number of benzene rings is 1. The van der Waals surface area contributed by atoms with E-state index in [1.807, 2.05) is 0 Å². The molecule has 0 radical (unpaired) electrons. The molecule has 3 rings (SSSR count). The van der Waals surface area contributed by atoms with Crippen LogP contribution >= 0.6 is 11.8 Å². The van der Waals surface area contributed by atoms with Gasteiger partial charge in [-0.3, -0.25) is 10.1 Å². The third-order valence-corrected chi connectivity index (χ3v) is 6.45. The fourth-order valence-electron chi connectivity index (χ4n) is 3.15. The number of rotatable bonds is 6. The standard InChI is InChI=1S/C17H23NO11S/c19-5-10-15(30-17-14(24)11(21)9(20)6-27-17)12(22)13(23)16(29-10)28-8-3-1-7(2-4-8)18(25)26/h1-4,9-17,19-24H,5-6H2/t9-,10-,11+,12-,13-,14-,15-,16-,17-/m1/s1. The normalized spacial score (nSPS) is 39.5. The van der Waals surface area contributed by atoms with Crippen molar-refractivity contribution in [3.63, 3.8) is 0 Å². The van der Waals surface area contributed by atoms with Crippen LogP contribution in [0, 0.1) is 10.1 Å². The largest absolute Gasteiger partial charge is 0.462 e. The molecular formula is C17H23NO11S. The summed E-state index contributed by atoms with van der Waals surface area (Å²) in [7, 11) is 0. The Labute approximate surface area is 174 Å². The first-order valence-corrected chi connectivity index (χ1v) is 10.0. The Bertz CT molecular complexity index is 720. The van der Waals surface area contributed by atoms with Crippen molar-refractivity contribution in [1.29, 1.82) is 0 Å². The second kappa shape index (κ2) is 9.72. The van der Waals surface area contributed by atoms with Crippen LogP contribution in [0.2, 0.25) is 0 Å². The number of hydrogen-bond donors (Lipinski definition) is 6. The Hall–Kier alpha value is -1.55. The van der Waals surface area contributed by atoms with Gasteiger partial charge in [0.05, 0.1) is 29.5 Å². The van der Waals surface area contributed by atoms with Gasteiger partial charge in [0.2, 0.25) is 6.29 Å². The van der Waals surface area contributed by atoms with Crippen LogP contribution in [0.25, 0.3) is 0 Å². The molecule has 2 fully saturated rings. The summed E-state index contributed by atoms with van der Waals surface area (Å²) in [5, 5.41) is 69.8. The van der Waals surface area contributed by atoms with Crippen molar-refractivity contribution in [2.75, 3.05) is 13.2 Å². The van der Waals surface area contributed by atoms with Crippen molar-refractivity contribution in [2.45, 2.75) is 53.6 Å². The van der Waals surface area contributed by atoms with E-state index in [2.05, 4.69) is 0 Å². The van der Waals surface area contributed by atoms with E-state index in [0.717, 1.165) is 11.8 Å². The summed E-state index contributed by atoms with van der Waals surface area (Å²) >= 11 is 0.845. The monoisotopic (exact) mass is 449 g/mol. The van der Waals surface area contributed by atoms with Gasteiger partial charge in [-0.1, -0.05) is 0 Å². The molecule has 2 heterocycles. The lowest BCUT2D eigenvalue weighted by Crippen LogP contribution is -2.60. The smallest absolute Gasteiger partial charge is 0.269 e. The number of thioether (sulfide) groups is 1. The summed E-state index contributed by atoms with van der Waals surface area (Å²) in [5.74, 6) is 0.141. The number of ether oxygens (including phenoxy) is 3. The van der Waals surface area contributed by atoms with Crippen LogP contribution in [0.5, 0.6) is 5.75 Å². The van der Waals surface area contributed by atoms with Crippen molar-refractivity contribution in [2.24, 2.45) is 0 Å². The summed E-state index contributed by atoms with van der Waals surface area (Å²) in [6, 6.07) is 5.00. The number of nitro benzene ring substituents is 1. The lowest BCUT2D eigenvalue weighted by atomic mass is 10.0. The maximum absolute atomic E-state index is 10.7. The molecule has 2 aliphatic heterocycles. The van der Waals surface area contributed by atoms with Gasteiger partial charge < -0.3 is 44.8 Å². The number of nitro groups is 1. The Balaban J connectivity index is 1.67. The van der Waals surface area contributed by atoms with E-state index in [9.17, 15) is 40.8 Å². The quantitative estimate of drug-likeness (QED) is 0.206. The van der Waals surface area contributed by atoms with E-state index in [0.29, 0.717) is 0 Å². The molecule has 6 N–H and O–H groups in total. The molecule has 0 unspecified atom stereocenters. The van der Waals surface area contributed by atoms with Crippen LogP contribution in [0.4, 0.5) is 5.69 Å². The van der Waals surface area contributed by atoms with Crippen LogP contribution in [0.1, 0.15) is 0 Å². The number of aliphatic hydroxyl groups is 6. The number of hydrogen-bond acceptors (Lipinski definition) is 12. The van der Waals surface area contributed by atoms with Crippen molar-refractivity contribution in [3.05, 3.63) is 34.4 Å². The Morgan fingerprint density at radius 1 is 1.07 bits per heavy atom. The average molecular weight is 449 g/mol. The van der Waals surface area contributed by atoms with Crippen LogP contribution in [-0.4, -0.2) is 102 Å². The molecule has 0 aromatic heterocycles. The van der Waals surface area contributed by atoms with Gasteiger partial charge in [0.1, 0.15) is 41.7 Å². The Morgan fingerprint density at radius 2 is 1.73 bits per heavy atom. The fourth-order valence-corrected chi connectivity index (χ4v) is 4.59. The molecule has 0 amide bonds. The Morgan fingerprint density at radius 3 is 2.33 bits per heavy atom. The predicted molar refractivity (Wildman–Crippen MR) is 101 cm³/mol. The van der Waals surface area contributed by atoms with Gasteiger partial charge in [0.15, 0.2) is 0 Å². The van der Waals surface area contributed by atoms with Crippen LogP contribution in [-0.2, 0) is 9.47 Å². The van der Waals surface area contributed by atoms with Gasteiger partial charge in [0.25, 0.3) is 5.69 Å². The first-order valence-electron chi connectivity index (χ1n) is 9.07. The van der Waals surface area contributed by atoms with Crippen molar-refractivity contribution in [1.82, 2.24) is 0 Å². The second-order valence-corrected chi connectivity index (χ2v) is 8.21. The predicted octanol–water partition coefficient (Wildman–Crippen LogP) is -2.05. The molecule has 1 aromatic rings. The summed E-state index contributed by atoms with van der Waals surface area (Å²) in [4.78, 5) is 10.1. The van der Waals surface area contributed by atoms with E-state index in [1.54, 1.807) is 0 Å². The van der Waals surface area contributed by atoms with Gasteiger partial charge in [0, 0.05) is 12.1 Å². The first kappa shape index (κ1) is 23.1. The summed E-state index contributed by atoms with van der Waals surface area (Å²) < 4.78 is 16.3. The fraction of sp³-hybridized carbons (Fsp3) is 0.647. The topological polar surface area (TPSA) is 192 Å². The molecule has 2 aliphatic rings. The van der Waals surface area contributed by atoms with E-state index >= 15 is 0 Å². The number of nitrogens with zero attached hydrogens (tertiary/aromatic N) is 1. The average Bonchev–Trinajstić information content (AvgIpc) is 2.73. The molecule has 0 aliphatic carbocycles. The molecule has 12 nitrogen and oxygen atoms in total.